The summed E-state index contributed by atoms with van der Waals surface area (Å²) >= 11 is 6.82. The molecule has 12 atom stereocenters. The van der Waals surface area contributed by atoms with Crippen LogP contribution in [0.2, 0.25) is 0 Å². The average molecular weight is 615 g/mol. The van der Waals surface area contributed by atoms with Crippen LogP contribution in [0.15, 0.2) is 12.2 Å². The van der Waals surface area contributed by atoms with Crippen molar-refractivity contribution < 1.29 is 62.2 Å². The maximum Gasteiger partial charge on any atom is 0.312 e. The summed E-state index contributed by atoms with van der Waals surface area (Å²) in [5.41, 5.74) is -4.85. The Labute approximate surface area is 247 Å². The van der Waals surface area contributed by atoms with Crippen LogP contribution >= 0.6 is 11.6 Å². The summed E-state index contributed by atoms with van der Waals surface area (Å²) in [4.78, 5) is 63.4. The zero-order valence-electron chi connectivity index (χ0n) is 24.2. The fourth-order valence-electron chi connectivity index (χ4n) is 7.76. The summed E-state index contributed by atoms with van der Waals surface area (Å²) in [6.45, 7) is 11.8. The highest BCUT2D eigenvalue weighted by atomic mass is 35.5. The molecule has 2 bridgehead atoms. The van der Waals surface area contributed by atoms with Crippen molar-refractivity contribution in [2.45, 2.75) is 107 Å². The van der Waals surface area contributed by atoms with E-state index in [0.29, 0.717) is 0 Å². The van der Waals surface area contributed by atoms with Crippen LogP contribution < -0.4 is 0 Å². The minimum Gasteiger partial charge on any atom is -0.462 e. The number of epoxide rings is 1. The number of rotatable bonds is 4. The van der Waals surface area contributed by atoms with Crippen molar-refractivity contribution in [3.05, 3.63) is 12.2 Å². The van der Waals surface area contributed by atoms with Crippen LogP contribution in [0.1, 0.15) is 54.4 Å². The first-order valence-corrected chi connectivity index (χ1v) is 14.2. The highest BCUT2D eigenvalue weighted by Gasteiger charge is 2.82. The minimum atomic E-state index is -2.32. The number of alkyl halides is 1. The van der Waals surface area contributed by atoms with Gasteiger partial charge in [0.05, 0.1) is 23.3 Å². The van der Waals surface area contributed by atoms with E-state index in [1.165, 1.54) is 27.7 Å². The van der Waals surface area contributed by atoms with Crippen LogP contribution in [0, 0.1) is 17.3 Å². The van der Waals surface area contributed by atoms with Gasteiger partial charge in [-0.2, -0.15) is 0 Å². The third-order valence-corrected chi connectivity index (χ3v) is 10.1. The van der Waals surface area contributed by atoms with Gasteiger partial charge in [0, 0.05) is 52.0 Å². The summed E-state index contributed by atoms with van der Waals surface area (Å²) < 4.78 is 41.6. The molecule has 1 aliphatic carbocycles. The van der Waals surface area contributed by atoms with Gasteiger partial charge in [-0.25, -0.2) is 0 Å². The molecule has 2 spiro atoms. The first kappa shape index (κ1) is 30.7. The van der Waals surface area contributed by atoms with Crippen molar-refractivity contribution in [3.8, 4) is 0 Å². The van der Waals surface area contributed by atoms with E-state index in [4.69, 9.17) is 44.8 Å². The second kappa shape index (κ2) is 9.90. The van der Waals surface area contributed by atoms with Crippen LogP contribution in [-0.4, -0.2) is 94.4 Å². The number of ether oxygens (including phenoxy) is 7. The molecule has 5 fully saturated rings. The van der Waals surface area contributed by atoms with Crippen molar-refractivity contribution >= 4 is 41.4 Å². The highest BCUT2D eigenvalue weighted by molar-refractivity contribution is 6.23. The van der Waals surface area contributed by atoms with Gasteiger partial charge in [-0.1, -0.05) is 13.5 Å². The molecule has 0 aromatic carbocycles. The molecule has 4 saturated heterocycles. The van der Waals surface area contributed by atoms with Gasteiger partial charge in [0.15, 0.2) is 17.5 Å². The van der Waals surface area contributed by atoms with Gasteiger partial charge in [-0.3, -0.25) is 24.0 Å². The van der Waals surface area contributed by atoms with Gasteiger partial charge in [-0.15, -0.1) is 11.6 Å². The molecule has 0 aromatic rings. The van der Waals surface area contributed by atoms with Crippen LogP contribution in [0.5, 0.6) is 0 Å². The van der Waals surface area contributed by atoms with Crippen molar-refractivity contribution in [2.75, 3.05) is 6.61 Å². The van der Waals surface area contributed by atoms with Gasteiger partial charge >= 0.3 is 29.8 Å². The van der Waals surface area contributed by atoms with Gasteiger partial charge in [-0.05, 0) is 6.92 Å². The van der Waals surface area contributed by atoms with Gasteiger partial charge in [0.1, 0.15) is 30.0 Å². The molecule has 42 heavy (non-hydrogen) atoms. The standard InChI is InChI=1S/C28H35ClO13/c1-11-20(29)22-28(12(2)24(34)41-22)23(40-16(6)33)21-25(7,19(39-15(5)32)9-27(11,35)42-28)17(37-13(3)30)8-18(38-14(4)31)26(21)10-36-26/h12,17-23,35H,1,8-10H2,2-7H3/t12-,17-,18+,19-,20-,21+,22-,23-,25+,26+,27-,28-/m0/s1. The zero-order chi connectivity index (χ0) is 31.2. The Balaban J connectivity index is 1.85. The Morgan fingerprint density at radius 1 is 0.952 bits per heavy atom. The van der Waals surface area contributed by atoms with Gasteiger partial charge in [0.2, 0.25) is 0 Å². The van der Waals surface area contributed by atoms with Crippen molar-refractivity contribution in [1.29, 1.82) is 0 Å². The molecular formula is C28H35ClO13. The molecule has 0 unspecified atom stereocenters. The molecule has 5 rings (SSSR count). The van der Waals surface area contributed by atoms with E-state index in [1.54, 1.807) is 6.92 Å². The quantitative estimate of drug-likeness (QED) is 0.157. The smallest absolute Gasteiger partial charge is 0.312 e. The number of halogens is 1. The van der Waals surface area contributed by atoms with Crippen LogP contribution in [0.25, 0.3) is 0 Å². The molecule has 4 heterocycles. The predicted molar refractivity (Wildman–Crippen MR) is 138 cm³/mol. The SMILES string of the molecule is C=C1[C@H](Cl)[C@@H]2OC(=O)[C@H](C)[C@]23O[C@@]1(O)C[C@H](OC(C)=O)[C@@]1(C)[C@@H](OC(C)=O)C[C@@H](OC(C)=O)[C@]2(CO2)[C@@H]1[C@@H]3OC(C)=O. The summed E-state index contributed by atoms with van der Waals surface area (Å²) in [6, 6.07) is 0. The molecule has 4 aliphatic heterocycles. The Bertz CT molecular complexity index is 1250. The summed E-state index contributed by atoms with van der Waals surface area (Å²) in [6.07, 6.45) is -6.73. The number of esters is 5. The summed E-state index contributed by atoms with van der Waals surface area (Å²) in [7, 11) is 0. The average Bonchev–Trinajstić information content (AvgIpc) is 3.60. The van der Waals surface area contributed by atoms with Crippen molar-refractivity contribution in [3.63, 3.8) is 0 Å². The van der Waals surface area contributed by atoms with Crippen LogP contribution in [0.4, 0.5) is 0 Å². The Morgan fingerprint density at radius 3 is 2.00 bits per heavy atom. The lowest BCUT2D eigenvalue weighted by Gasteiger charge is -2.63. The summed E-state index contributed by atoms with van der Waals surface area (Å²) in [5.74, 6) is -8.17. The lowest BCUT2D eigenvalue weighted by molar-refractivity contribution is -0.356. The first-order valence-electron chi connectivity index (χ1n) is 13.7. The number of carbonyl (C=O) groups excluding carboxylic acids is 5. The predicted octanol–water partition coefficient (Wildman–Crippen LogP) is 1.09. The third-order valence-electron chi connectivity index (χ3n) is 9.63. The molecule has 1 N–H and O–H groups in total. The molecule has 5 aliphatic rings. The second-order valence-corrected chi connectivity index (χ2v) is 12.6. The first-order chi connectivity index (χ1) is 19.4. The molecular weight excluding hydrogens is 580 g/mol. The number of carbonyl (C=O) groups is 5. The maximum absolute atomic E-state index is 13.2. The van der Waals surface area contributed by atoms with E-state index in [1.807, 2.05) is 0 Å². The largest absolute Gasteiger partial charge is 0.462 e. The van der Waals surface area contributed by atoms with E-state index in [2.05, 4.69) is 6.58 Å². The van der Waals surface area contributed by atoms with E-state index in [0.717, 1.165) is 6.92 Å². The van der Waals surface area contributed by atoms with Gasteiger partial charge in [0.25, 0.3) is 0 Å². The minimum absolute atomic E-state index is 0.00770. The Hall–Kier alpha value is -2.74. The van der Waals surface area contributed by atoms with Crippen molar-refractivity contribution in [1.82, 2.24) is 0 Å². The molecule has 1 saturated carbocycles. The number of aliphatic hydroxyl groups is 1. The molecule has 0 radical (unpaired) electrons. The fourth-order valence-corrected chi connectivity index (χ4v) is 8.18. The Kier molecular flexibility index (Phi) is 7.24. The zero-order valence-corrected chi connectivity index (χ0v) is 24.9. The van der Waals surface area contributed by atoms with E-state index in [9.17, 15) is 29.1 Å². The van der Waals surface area contributed by atoms with E-state index < -0.39 is 106 Å². The molecule has 14 heteroatoms. The van der Waals surface area contributed by atoms with E-state index in [-0.39, 0.29) is 18.6 Å². The summed E-state index contributed by atoms with van der Waals surface area (Å²) in [5, 5.41) is 10.9. The molecule has 0 amide bonds. The number of hydrogen-bond acceptors (Lipinski definition) is 13. The molecule has 232 valence electrons. The highest BCUT2D eigenvalue weighted by Crippen LogP contribution is 2.66. The van der Waals surface area contributed by atoms with E-state index >= 15 is 0 Å². The topological polar surface area (TPSA) is 173 Å². The maximum atomic E-state index is 13.2. The number of hydrogen-bond donors (Lipinski definition) is 1. The van der Waals surface area contributed by atoms with Crippen LogP contribution in [-0.2, 0) is 57.1 Å². The number of fused-ring (bicyclic) bond motifs is 3. The lowest BCUT2D eigenvalue weighted by atomic mass is 9.50. The Morgan fingerprint density at radius 2 is 1.48 bits per heavy atom. The third kappa shape index (κ3) is 4.26. The molecule has 13 nitrogen and oxygen atoms in total. The van der Waals surface area contributed by atoms with Crippen LogP contribution in [0.3, 0.4) is 0 Å². The normalized spacial score (nSPS) is 47.1. The fraction of sp³-hybridized carbons (Fsp3) is 0.750. The lowest BCUT2D eigenvalue weighted by Crippen LogP contribution is -2.78. The van der Waals surface area contributed by atoms with Gasteiger partial charge < -0.3 is 38.3 Å². The monoisotopic (exact) mass is 614 g/mol. The molecule has 0 aromatic heterocycles. The van der Waals surface area contributed by atoms with Crippen molar-refractivity contribution in [2.24, 2.45) is 17.3 Å². The second-order valence-electron chi connectivity index (χ2n) is 12.1.